The zero-order valence-electron chi connectivity index (χ0n) is 13.8. The first-order valence-electron chi connectivity index (χ1n) is 8.19. The molecule has 0 spiro atoms. The van der Waals surface area contributed by atoms with Gasteiger partial charge < -0.3 is 10.6 Å². The van der Waals surface area contributed by atoms with Crippen molar-refractivity contribution in [3.05, 3.63) is 28.8 Å². The number of hydrogen-bond donors (Lipinski definition) is 2. The average molecular weight is 377 g/mol. The third-order valence-electron chi connectivity index (χ3n) is 4.08. The smallest absolute Gasteiger partial charge is 0.356 e. The maximum atomic E-state index is 12.8. The molecule has 0 saturated heterocycles. The Morgan fingerprint density at radius 3 is 2.52 bits per heavy atom. The van der Waals surface area contributed by atoms with E-state index < -0.39 is 34.5 Å². The zero-order chi connectivity index (χ0) is 18.6. The lowest BCUT2D eigenvalue weighted by Gasteiger charge is -2.11. The highest BCUT2D eigenvalue weighted by Crippen LogP contribution is 2.40. The van der Waals surface area contributed by atoms with Crippen molar-refractivity contribution in [1.29, 1.82) is 0 Å². The van der Waals surface area contributed by atoms with E-state index in [2.05, 4.69) is 17.6 Å². The average Bonchev–Trinajstić information content (AvgIpc) is 3.33. The summed E-state index contributed by atoms with van der Waals surface area (Å²) >= 11 is 5.54. The van der Waals surface area contributed by atoms with E-state index in [-0.39, 0.29) is 11.6 Å². The Kier molecular flexibility index (Phi) is 6.32. The monoisotopic (exact) mass is 376 g/mol. The van der Waals surface area contributed by atoms with Gasteiger partial charge in [-0.1, -0.05) is 31.4 Å². The second kappa shape index (κ2) is 8.08. The van der Waals surface area contributed by atoms with Crippen LogP contribution >= 0.6 is 11.6 Å². The number of amides is 2. The molecule has 1 aromatic rings. The molecule has 2 N–H and O–H groups in total. The first-order chi connectivity index (χ1) is 11.7. The summed E-state index contributed by atoms with van der Waals surface area (Å²) in [6, 6.07) is 3.19. The van der Waals surface area contributed by atoms with E-state index in [0.717, 1.165) is 31.4 Å². The van der Waals surface area contributed by atoms with Gasteiger partial charge in [0, 0.05) is 12.2 Å². The van der Waals surface area contributed by atoms with Crippen molar-refractivity contribution in [3.63, 3.8) is 0 Å². The van der Waals surface area contributed by atoms with Crippen LogP contribution in [-0.2, 0) is 15.8 Å². The molecule has 1 saturated carbocycles. The molecule has 25 heavy (non-hydrogen) atoms. The van der Waals surface area contributed by atoms with Gasteiger partial charge in [0.2, 0.25) is 11.8 Å². The van der Waals surface area contributed by atoms with Crippen LogP contribution in [0, 0.1) is 11.8 Å². The number of unbranched alkanes of at least 4 members (excludes halogenated alkanes) is 2. The van der Waals surface area contributed by atoms with Gasteiger partial charge in [0.15, 0.2) is 0 Å². The van der Waals surface area contributed by atoms with Crippen LogP contribution in [0.2, 0.25) is 5.02 Å². The van der Waals surface area contributed by atoms with Crippen LogP contribution in [0.15, 0.2) is 18.2 Å². The van der Waals surface area contributed by atoms with Gasteiger partial charge in [-0.25, -0.2) is 0 Å². The number of rotatable bonds is 7. The fourth-order valence-corrected chi connectivity index (χ4v) is 2.77. The molecule has 4 nitrogen and oxygen atoms in total. The summed E-state index contributed by atoms with van der Waals surface area (Å²) in [7, 11) is 0. The molecule has 0 aromatic heterocycles. The van der Waals surface area contributed by atoms with E-state index in [1.165, 1.54) is 6.07 Å². The largest absolute Gasteiger partial charge is 0.417 e. The Hall–Kier alpha value is -1.76. The van der Waals surface area contributed by atoms with Crippen LogP contribution < -0.4 is 10.6 Å². The predicted molar refractivity (Wildman–Crippen MR) is 89.2 cm³/mol. The molecule has 1 aliphatic carbocycles. The number of hydrogen-bond acceptors (Lipinski definition) is 2. The summed E-state index contributed by atoms with van der Waals surface area (Å²) in [5, 5.41) is 4.78. The molecule has 1 aliphatic rings. The van der Waals surface area contributed by atoms with E-state index in [4.69, 9.17) is 11.6 Å². The minimum atomic E-state index is -4.60. The molecule has 138 valence electrons. The summed E-state index contributed by atoms with van der Waals surface area (Å²) in [4.78, 5) is 24.0. The third kappa shape index (κ3) is 5.36. The topological polar surface area (TPSA) is 58.2 Å². The van der Waals surface area contributed by atoms with Crippen molar-refractivity contribution in [1.82, 2.24) is 5.32 Å². The summed E-state index contributed by atoms with van der Waals surface area (Å²) < 4.78 is 38.5. The number of carbonyl (C=O) groups excluding carboxylic acids is 2. The van der Waals surface area contributed by atoms with Gasteiger partial charge >= 0.3 is 6.18 Å². The quantitative estimate of drug-likeness (QED) is 0.699. The lowest BCUT2D eigenvalue weighted by atomic mass is 10.2. The predicted octanol–water partition coefficient (Wildman–Crippen LogP) is 4.24. The molecular formula is C17H20ClF3N2O2. The number of nitrogens with one attached hydrogen (secondary N) is 2. The summed E-state index contributed by atoms with van der Waals surface area (Å²) in [5.74, 6) is -1.54. The Bertz CT molecular complexity index is 649. The molecule has 2 unspecified atom stereocenters. The molecule has 0 bridgehead atoms. The van der Waals surface area contributed by atoms with Crippen molar-refractivity contribution < 1.29 is 22.8 Å². The van der Waals surface area contributed by atoms with Gasteiger partial charge in [-0.3, -0.25) is 9.59 Å². The highest BCUT2D eigenvalue weighted by atomic mass is 35.5. The number of halogens is 4. The molecular weight excluding hydrogens is 357 g/mol. The SMILES string of the molecule is CCCCCNC(=O)C1CC1C(=O)Nc1ccc(Cl)c(C(F)(F)F)c1. The number of carbonyl (C=O) groups is 2. The van der Waals surface area contributed by atoms with E-state index in [9.17, 15) is 22.8 Å². The molecule has 8 heteroatoms. The number of anilines is 1. The van der Waals surface area contributed by atoms with Crippen LogP contribution in [0.3, 0.4) is 0 Å². The highest BCUT2D eigenvalue weighted by Gasteiger charge is 2.48. The minimum Gasteiger partial charge on any atom is -0.356 e. The maximum Gasteiger partial charge on any atom is 0.417 e. The Balaban J connectivity index is 1.88. The standard InChI is InChI=1S/C17H20ClF3N2O2/c1-2-3-4-7-22-15(24)11-9-12(11)16(25)23-10-5-6-14(18)13(8-10)17(19,20)21/h5-6,8,11-12H,2-4,7,9H2,1H3,(H,22,24)(H,23,25). The van der Waals surface area contributed by atoms with Gasteiger partial charge in [-0.05, 0) is 31.0 Å². The number of alkyl halides is 3. The van der Waals surface area contributed by atoms with Crippen LogP contribution in [0.4, 0.5) is 18.9 Å². The van der Waals surface area contributed by atoms with Crippen molar-refractivity contribution >= 4 is 29.1 Å². The molecule has 1 aromatic carbocycles. The molecule has 2 rings (SSSR count). The molecule has 1 fully saturated rings. The molecule has 2 amide bonds. The summed E-state index contributed by atoms with van der Waals surface area (Å²) in [5.41, 5.74) is -0.997. The Morgan fingerprint density at radius 1 is 1.20 bits per heavy atom. The van der Waals surface area contributed by atoms with Crippen molar-refractivity contribution in [3.8, 4) is 0 Å². The molecule has 0 radical (unpaired) electrons. The lowest BCUT2D eigenvalue weighted by molar-refractivity contribution is -0.137. The first kappa shape index (κ1) is 19.6. The summed E-state index contributed by atoms with van der Waals surface area (Å²) in [6.07, 6.45) is -1.24. The maximum absolute atomic E-state index is 12.8. The fourth-order valence-electron chi connectivity index (χ4n) is 2.55. The van der Waals surface area contributed by atoms with Gasteiger partial charge in [0.1, 0.15) is 0 Å². The molecule has 2 atom stereocenters. The molecule has 0 aliphatic heterocycles. The Labute approximate surface area is 149 Å². The second-order valence-corrected chi connectivity index (χ2v) is 6.54. The number of benzene rings is 1. The van der Waals surface area contributed by atoms with Crippen molar-refractivity contribution in [2.75, 3.05) is 11.9 Å². The van der Waals surface area contributed by atoms with Crippen LogP contribution in [-0.4, -0.2) is 18.4 Å². The highest BCUT2D eigenvalue weighted by molar-refractivity contribution is 6.31. The van der Waals surface area contributed by atoms with Gasteiger partial charge in [-0.2, -0.15) is 13.2 Å². The zero-order valence-corrected chi connectivity index (χ0v) is 14.5. The summed E-state index contributed by atoms with van der Waals surface area (Å²) in [6.45, 7) is 2.63. The van der Waals surface area contributed by atoms with E-state index >= 15 is 0 Å². The van der Waals surface area contributed by atoms with Crippen LogP contribution in [0.25, 0.3) is 0 Å². The lowest BCUT2D eigenvalue weighted by Crippen LogP contribution is -2.28. The van der Waals surface area contributed by atoms with E-state index in [0.29, 0.717) is 13.0 Å². The van der Waals surface area contributed by atoms with Gasteiger partial charge in [0.05, 0.1) is 22.4 Å². The molecule has 0 heterocycles. The normalized spacial score (nSPS) is 19.4. The third-order valence-corrected chi connectivity index (χ3v) is 4.41. The second-order valence-electron chi connectivity index (χ2n) is 6.13. The van der Waals surface area contributed by atoms with Gasteiger partial charge in [-0.15, -0.1) is 0 Å². The Morgan fingerprint density at radius 2 is 1.88 bits per heavy atom. The van der Waals surface area contributed by atoms with Crippen molar-refractivity contribution in [2.24, 2.45) is 11.8 Å². The van der Waals surface area contributed by atoms with Crippen LogP contribution in [0.5, 0.6) is 0 Å². The van der Waals surface area contributed by atoms with Crippen molar-refractivity contribution in [2.45, 2.75) is 38.8 Å². The van der Waals surface area contributed by atoms with Crippen LogP contribution in [0.1, 0.15) is 38.2 Å². The minimum absolute atomic E-state index is 0.00993. The first-order valence-corrected chi connectivity index (χ1v) is 8.57. The van der Waals surface area contributed by atoms with E-state index in [1.807, 2.05) is 0 Å². The van der Waals surface area contributed by atoms with Gasteiger partial charge in [0.25, 0.3) is 0 Å². The van der Waals surface area contributed by atoms with E-state index in [1.54, 1.807) is 0 Å². The fraction of sp³-hybridized carbons (Fsp3) is 0.529.